The lowest BCUT2D eigenvalue weighted by Crippen LogP contribution is -2.48. The van der Waals surface area contributed by atoms with Crippen molar-refractivity contribution in [3.8, 4) is 0 Å². The van der Waals surface area contributed by atoms with Gasteiger partial charge in [-0.05, 0) is 42.9 Å². The van der Waals surface area contributed by atoms with Crippen molar-refractivity contribution in [2.45, 2.75) is 66.1 Å². The van der Waals surface area contributed by atoms with E-state index in [4.69, 9.17) is 0 Å². The van der Waals surface area contributed by atoms with Crippen LogP contribution in [0.2, 0.25) is 0 Å². The minimum Gasteiger partial charge on any atom is -0.480 e. The first-order chi connectivity index (χ1) is 13.3. The van der Waals surface area contributed by atoms with Gasteiger partial charge in [0.2, 0.25) is 5.91 Å². The molecule has 0 aliphatic carbocycles. The Bertz CT molecular complexity index is 885. The Balaban J connectivity index is 1.74. The van der Waals surface area contributed by atoms with Gasteiger partial charge in [-0.25, -0.2) is 4.79 Å². The molecule has 1 amide bonds. The molecule has 1 aliphatic rings. The maximum atomic E-state index is 12.9. The van der Waals surface area contributed by atoms with Crippen molar-refractivity contribution in [2.24, 2.45) is 5.92 Å². The van der Waals surface area contributed by atoms with Crippen LogP contribution in [-0.4, -0.2) is 37.7 Å². The summed E-state index contributed by atoms with van der Waals surface area (Å²) in [6, 6.07) is 6.96. The van der Waals surface area contributed by atoms with Gasteiger partial charge in [-0.1, -0.05) is 38.1 Å². The third-order valence-electron chi connectivity index (χ3n) is 5.51. The van der Waals surface area contributed by atoms with Crippen molar-refractivity contribution < 1.29 is 14.7 Å². The minimum absolute atomic E-state index is 0.114. The highest BCUT2D eigenvalue weighted by molar-refractivity contribution is 5.84. The molecule has 2 aromatic rings. The standard InChI is InChI=1S/C22H29N3O3/c1-14(2)12-25-16(4)19(15(3)23-25)9-10-21(26)24-13-18-8-6-5-7-17(18)11-20(24)22(27)28/h5-8,14,20H,9-13H2,1-4H3,(H,27,28)/t20-/m1/s1. The molecule has 0 fully saturated rings. The smallest absolute Gasteiger partial charge is 0.326 e. The molecule has 1 aliphatic heterocycles. The van der Waals surface area contributed by atoms with E-state index in [9.17, 15) is 14.7 Å². The molecule has 6 nitrogen and oxygen atoms in total. The third kappa shape index (κ3) is 4.11. The van der Waals surface area contributed by atoms with E-state index in [1.54, 1.807) is 0 Å². The first kappa shape index (κ1) is 20.1. The molecule has 0 bridgehead atoms. The molecule has 1 aromatic carbocycles. The second-order valence-corrected chi connectivity index (χ2v) is 8.07. The van der Waals surface area contributed by atoms with Gasteiger partial charge in [0.25, 0.3) is 0 Å². The zero-order valence-electron chi connectivity index (χ0n) is 17.1. The number of amides is 1. The predicted molar refractivity (Wildman–Crippen MR) is 107 cm³/mol. The third-order valence-corrected chi connectivity index (χ3v) is 5.51. The molecule has 1 aromatic heterocycles. The SMILES string of the molecule is Cc1nn(CC(C)C)c(C)c1CCC(=O)N1Cc2ccccc2C[C@@H]1C(=O)O. The fourth-order valence-electron chi connectivity index (χ4n) is 4.00. The number of hydrogen-bond acceptors (Lipinski definition) is 3. The van der Waals surface area contributed by atoms with E-state index >= 15 is 0 Å². The van der Waals surface area contributed by atoms with Crippen molar-refractivity contribution in [3.05, 3.63) is 52.3 Å². The van der Waals surface area contributed by atoms with Crippen molar-refractivity contribution in [1.82, 2.24) is 14.7 Å². The largest absolute Gasteiger partial charge is 0.480 e. The number of benzene rings is 1. The van der Waals surface area contributed by atoms with E-state index in [0.717, 1.165) is 34.6 Å². The normalized spacial score (nSPS) is 16.3. The van der Waals surface area contributed by atoms with Crippen molar-refractivity contribution in [2.75, 3.05) is 0 Å². The van der Waals surface area contributed by atoms with Crippen LogP contribution in [0, 0.1) is 19.8 Å². The van der Waals surface area contributed by atoms with Crippen LogP contribution in [0.15, 0.2) is 24.3 Å². The van der Waals surface area contributed by atoms with Gasteiger partial charge in [-0.15, -0.1) is 0 Å². The monoisotopic (exact) mass is 383 g/mol. The Labute approximate surface area is 166 Å². The molecule has 1 atom stereocenters. The molecule has 0 radical (unpaired) electrons. The van der Waals surface area contributed by atoms with E-state index in [-0.39, 0.29) is 5.91 Å². The number of carboxylic acids is 1. The number of aryl methyl sites for hydroxylation is 1. The van der Waals surface area contributed by atoms with E-state index in [1.807, 2.05) is 42.8 Å². The second kappa shape index (κ2) is 8.17. The predicted octanol–water partition coefficient (Wildman–Crippen LogP) is 3.13. The molecule has 0 unspecified atom stereocenters. The van der Waals surface area contributed by atoms with Gasteiger partial charge in [0.15, 0.2) is 0 Å². The first-order valence-electron chi connectivity index (χ1n) is 9.89. The van der Waals surface area contributed by atoms with Gasteiger partial charge in [0, 0.05) is 31.6 Å². The molecule has 150 valence electrons. The Morgan fingerprint density at radius 3 is 2.54 bits per heavy atom. The first-order valence-corrected chi connectivity index (χ1v) is 9.89. The topological polar surface area (TPSA) is 75.4 Å². The molecule has 28 heavy (non-hydrogen) atoms. The Morgan fingerprint density at radius 1 is 1.21 bits per heavy atom. The van der Waals surface area contributed by atoms with Crippen LogP contribution in [0.1, 0.15) is 48.3 Å². The Kier molecular flexibility index (Phi) is 5.87. The quantitative estimate of drug-likeness (QED) is 0.832. The van der Waals surface area contributed by atoms with E-state index in [1.165, 1.54) is 4.90 Å². The summed E-state index contributed by atoms with van der Waals surface area (Å²) < 4.78 is 2.01. The number of nitrogens with zero attached hydrogens (tertiary/aromatic N) is 3. The molecule has 6 heteroatoms. The summed E-state index contributed by atoms with van der Waals surface area (Å²) in [6.07, 6.45) is 1.24. The highest BCUT2D eigenvalue weighted by Gasteiger charge is 2.34. The van der Waals surface area contributed by atoms with Gasteiger partial charge in [-0.3, -0.25) is 9.48 Å². The molecule has 0 saturated heterocycles. The number of carbonyl (C=O) groups is 2. The number of aliphatic carboxylic acids is 1. The zero-order chi connectivity index (χ0) is 20.4. The number of carbonyl (C=O) groups excluding carboxylic acids is 1. The minimum atomic E-state index is -0.944. The number of fused-ring (bicyclic) bond motifs is 1. The van der Waals surface area contributed by atoms with Crippen molar-refractivity contribution >= 4 is 11.9 Å². The van der Waals surface area contributed by atoms with Crippen LogP contribution in [0.4, 0.5) is 0 Å². The average molecular weight is 383 g/mol. The van der Waals surface area contributed by atoms with Crippen LogP contribution in [-0.2, 0) is 35.5 Å². The van der Waals surface area contributed by atoms with E-state index in [2.05, 4.69) is 18.9 Å². The van der Waals surface area contributed by atoms with Crippen molar-refractivity contribution in [1.29, 1.82) is 0 Å². The number of rotatable bonds is 6. The van der Waals surface area contributed by atoms with E-state index in [0.29, 0.717) is 31.7 Å². The fourth-order valence-corrected chi connectivity index (χ4v) is 4.00. The summed E-state index contributed by atoms with van der Waals surface area (Å²) in [5.41, 5.74) is 5.19. The molecule has 3 rings (SSSR count). The summed E-state index contributed by atoms with van der Waals surface area (Å²) in [5.74, 6) is -0.561. The zero-order valence-corrected chi connectivity index (χ0v) is 17.1. The van der Waals surface area contributed by atoms with E-state index < -0.39 is 12.0 Å². The van der Waals surface area contributed by atoms with Crippen LogP contribution < -0.4 is 0 Å². The molecule has 0 spiro atoms. The Morgan fingerprint density at radius 2 is 1.89 bits per heavy atom. The maximum absolute atomic E-state index is 12.9. The van der Waals surface area contributed by atoms with Crippen LogP contribution >= 0.6 is 0 Å². The average Bonchev–Trinajstić information content (AvgIpc) is 2.91. The summed E-state index contributed by atoms with van der Waals surface area (Å²) in [5, 5.41) is 14.2. The summed E-state index contributed by atoms with van der Waals surface area (Å²) in [6.45, 7) is 9.53. The van der Waals surface area contributed by atoms with Gasteiger partial charge in [0.05, 0.1) is 5.69 Å². The van der Waals surface area contributed by atoms with Gasteiger partial charge >= 0.3 is 5.97 Å². The lowest BCUT2D eigenvalue weighted by atomic mass is 9.93. The van der Waals surface area contributed by atoms with Gasteiger partial charge in [-0.2, -0.15) is 5.10 Å². The maximum Gasteiger partial charge on any atom is 0.326 e. The fraction of sp³-hybridized carbons (Fsp3) is 0.500. The summed E-state index contributed by atoms with van der Waals surface area (Å²) in [7, 11) is 0. The summed E-state index contributed by atoms with van der Waals surface area (Å²) in [4.78, 5) is 26.2. The molecular weight excluding hydrogens is 354 g/mol. The highest BCUT2D eigenvalue weighted by Crippen LogP contribution is 2.25. The van der Waals surface area contributed by atoms with Crippen molar-refractivity contribution in [3.63, 3.8) is 0 Å². The van der Waals surface area contributed by atoms with Crippen LogP contribution in [0.25, 0.3) is 0 Å². The van der Waals surface area contributed by atoms with Gasteiger partial charge in [0.1, 0.15) is 6.04 Å². The Hall–Kier alpha value is -2.63. The second-order valence-electron chi connectivity index (χ2n) is 8.07. The lowest BCUT2D eigenvalue weighted by Gasteiger charge is -2.34. The molecule has 1 N–H and O–H groups in total. The molecular formula is C22H29N3O3. The lowest BCUT2D eigenvalue weighted by molar-refractivity contribution is -0.151. The van der Waals surface area contributed by atoms with Gasteiger partial charge < -0.3 is 10.0 Å². The number of carboxylic acid groups (broad SMARTS) is 1. The highest BCUT2D eigenvalue weighted by atomic mass is 16.4. The molecule has 0 saturated carbocycles. The van der Waals surface area contributed by atoms with Crippen LogP contribution in [0.3, 0.4) is 0 Å². The number of aromatic nitrogens is 2. The van der Waals surface area contributed by atoms with Crippen LogP contribution in [0.5, 0.6) is 0 Å². The number of hydrogen-bond donors (Lipinski definition) is 1. The summed E-state index contributed by atoms with van der Waals surface area (Å²) >= 11 is 0. The molecule has 2 heterocycles.